The highest BCUT2D eigenvalue weighted by Crippen LogP contribution is 2.07. The van der Waals surface area contributed by atoms with E-state index in [0.717, 1.165) is 6.20 Å². The van der Waals surface area contributed by atoms with E-state index in [1.165, 1.54) is 12.3 Å². The van der Waals surface area contributed by atoms with Crippen LogP contribution in [-0.4, -0.2) is 42.8 Å². The van der Waals surface area contributed by atoms with E-state index in [2.05, 4.69) is 15.6 Å². The zero-order valence-electron chi connectivity index (χ0n) is 10.4. The summed E-state index contributed by atoms with van der Waals surface area (Å²) in [6, 6.07) is 0.656. The number of amides is 2. The lowest BCUT2D eigenvalue weighted by atomic mass is 10.3. The number of aromatic carboxylic acids is 1. The van der Waals surface area contributed by atoms with Crippen molar-refractivity contribution in [3.63, 3.8) is 0 Å². The Hall–Kier alpha value is -2.20. The Kier molecular flexibility index (Phi) is 5.41. The summed E-state index contributed by atoms with van der Waals surface area (Å²) < 4.78 is 21.3. The summed E-state index contributed by atoms with van der Waals surface area (Å²) in [5, 5.41) is 18.3. The molecule has 2 amide bonds. The van der Waals surface area contributed by atoms with Gasteiger partial charge in [0.05, 0.1) is 23.2 Å². The largest absolute Gasteiger partial charge is 0.478 e. The van der Waals surface area contributed by atoms with Crippen LogP contribution in [0.2, 0.25) is 0 Å². The predicted octanol–water partition coefficient (Wildman–Crippen LogP) is -0.420. The van der Waals surface area contributed by atoms with Gasteiger partial charge in [-0.25, -0.2) is 23.1 Å². The van der Waals surface area contributed by atoms with Crippen molar-refractivity contribution in [2.75, 3.05) is 17.6 Å². The third kappa shape index (κ3) is 6.11. The smallest absolute Gasteiger partial charge is 0.337 e. The van der Waals surface area contributed by atoms with Crippen molar-refractivity contribution in [1.82, 2.24) is 10.3 Å². The number of hydrogen-bond acceptors (Lipinski definition) is 5. The molecule has 20 heavy (non-hydrogen) atoms. The summed E-state index contributed by atoms with van der Waals surface area (Å²) in [4.78, 5) is 25.8. The molecule has 0 atom stereocenters. The molecule has 0 aliphatic rings. The molecule has 0 radical (unpaired) electrons. The highest BCUT2D eigenvalue weighted by molar-refractivity contribution is 7.89. The van der Waals surface area contributed by atoms with E-state index in [-0.39, 0.29) is 30.0 Å². The first kappa shape index (κ1) is 15.9. The molecule has 1 heterocycles. The average Bonchev–Trinajstić information content (AvgIpc) is 2.34. The van der Waals surface area contributed by atoms with E-state index < -0.39 is 22.0 Å². The number of anilines is 1. The molecule has 0 unspecified atom stereocenters. The second-order valence-electron chi connectivity index (χ2n) is 3.87. The van der Waals surface area contributed by atoms with Gasteiger partial charge in [-0.15, -0.1) is 0 Å². The Bertz CT molecular complexity index is 601. The maximum absolute atomic E-state index is 11.4. The van der Waals surface area contributed by atoms with Crippen molar-refractivity contribution in [2.45, 2.75) is 6.42 Å². The van der Waals surface area contributed by atoms with E-state index >= 15 is 0 Å². The minimum absolute atomic E-state index is 0.0583. The maximum atomic E-state index is 11.4. The first-order valence-corrected chi connectivity index (χ1v) is 7.23. The maximum Gasteiger partial charge on any atom is 0.337 e. The molecule has 0 aromatic carbocycles. The molecule has 110 valence electrons. The molecule has 1 aromatic rings. The number of carboxylic acids is 1. The Morgan fingerprint density at radius 2 is 2.05 bits per heavy atom. The number of nitrogens with two attached hydrogens (primary N) is 1. The minimum Gasteiger partial charge on any atom is -0.478 e. The van der Waals surface area contributed by atoms with Crippen molar-refractivity contribution in [1.29, 1.82) is 0 Å². The molecule has 9 nitrogen and oxygen atoms in total. The van der Waals surface area contributed by atoms with Gasteiger partial charge in [-0.05, 0) is 12.5 Å². The number of urea groups is 1. The van der Waals surface area contributed by atoms with Gasteiger partial charge in [0.25, 0.3) is 0 Å². The van der Waals surface area contributed by atoms with Gasteiger partial charge in [0.15, 0.2) is 0 Å². The number of aromatic nitrogens is 1. The number of carbonyl (C=O) groups is 2. The molecule has 0 bridgehead atoms. The number of hydrogen-bond donors (Lipinski definition) is 4. The van der Waals surface area contributed by atoms with Crippen LogP contribution in [0.5, 0.6) is 0 Å². The summed E-state index contributed by atoms with van der Waals surface area (Å²) in [5.74, 6) is -1.39. The zero-order valence-corrected chi connectivity index (χ0v) is 11.2. The van der Waals surface area contributed by atoms with Crippen LogP contribution in [0.1, 0.15) is 16.8 Å². The van der Waals surface area contributed by atoms with Gasteiger partial charge in [-0.2, -0.15) is 0 Å². The van der Waals surface area contributed by atoms with Gasteiger partial charge in [-0.1, -0.05) is 0 Å². The van der Waals surface area contributed by atoms with Crippen LogP contribution in [0.15, 0.2) is 18.5 Å². The molecule has 5 N–H and O–H groups in total. The molecule has 0 fully saturated rings. The molecule has 10 heteroatoms. The molecule has 0 spiro atoms. The summed E-state index contributed by atoms with van der Waals surface area (Å²) in [6.07, 6.45) is 2.62. The van der Waals surface area contributed by atoms with Crippen LogP contribution in [-0.2, 0) is 10.0 Å². The topological polar surface area (TPSA) is 151 Å². The van der Waals surface area contributed by atoms with E-state index in [0.29, 0.717) is 0 Å². The molecule has 0 aliphatic carbocycles. The van der Waals surface area contributed by atoms with Crippen molar-refractivity contribution < 1.29 is 23.1 Å². The molecular weight excluding hydrogens is 288 g/mol. The van der Waals surface area contributed by atoms with Crippen molar-refractivity contribution >= 4 is 27.7 Å². The van der Waals surface area contributed by atoms with Crippen LogP contribution in [0.4, 0.5) is 10.5 Å². The number of rotatable bonds is 6. The predicted molar refractivity (Wildman–Crippen MR) is 70.8 cm³/mol. The lowest BCUT2D eigenvalue weighted by Crippen LogP contribution is -2.31. The third-order valence-corrected chi connectivity index (χ3v) is 2.99. The number of nitrogens with one attached hydrogen (secondary N) is 2. The van der Waals surface area contributed by atoms with Gasteiger partial charge < -0.3 is 15.7 Å². The first-order valence-electron chi connectivity index (χ1n) is 5.51. The second kappa shape index (κ2) is 6.82. The number of sulfonamides is 1. The number of primary sulfonamides is 1. The number of carboxylic acid groups (broad SMARTS) is 1. The molecule has 0 saturated carbocycles. The lowest BCUT2D eigenvalue weighted by Gasteiger charge is -2.07. The fraction of sp³-hybridized carbons (Fsp3) is 0.300. The molecule has 0 saturated heterocycles. The summed E-state index contributed by atoms with van der Waals surface area (Å²) in [6.45, 7) is 0.119. The second-order valence-corrected chi connectivity index (χ2v) is 5.60. The first-order chi connectivity index (χ1) is 9.28. The SMILES string of the molecule is NS(=O)(=O)CCCNC(=O)Nc1cncc(C(=O)O)c1. The standard InChI is InChI=1S/C10H14N4O5S/c11-20(18,19)3-1-2-13-10(17)14-8-4-7(9(15)16)5-12-6-8/h4-6H,1-3H2,(H,15,16)(H2,11,18,19)(H2,13,14,17). The average molecular weight is 302 g/mol. The van der Waals surface area contributed by atoms with Crippen LogP contribution in [0, 0.1) is 0 Å². The third-order valence-electron chi connectivity index (χ3n) is 2.13. The normalized spacial score (nSPS) is 10.8. The number of nitrogens with zero attached hydrogens (tertiary/aromatic N) is 1. The van der Waals surface area contributed by atoms with Crippen molar-refractivity contribution in [3.05, 3.63) is 24.0 Å². The summed E-state index contributed by atoms with van der Waals surface area (Å²) in [7, 11) is -3.54. The summed E-state index contributed by atoms with van der Waals surface area (Å²) >= 11 is 0. The van der Waals surface area contributed by atoms with Crippen LogP contribution >= 0.6 is 0 Å². The Balaban J connectivity index is 2.43. The quantitative estimate of drug-likeness (QED) is 0.524. The fourth-order valence-corrected chi connectivity index (χ4v) is 1.82. The Morgan fingerprint density at radius 3 is 2.65 bits per heavy atom. The van der Waals surface area contributed by atoms with Gasteiger partial charge in [0.1, 0.15) is 0 Å². The van der Waals surface area contributed by atoms with E-state index in [1.54, 1.807) is 0 Å². The number of pyridine rings is 1. The van der Waals surface area contributed by atoms with Gasteiger partial charge in [0.2, 0.25) is 10.0 Å². The van der Waals surface area contributed by atoms with Crippen LogP contribution in [0.3, 0.4) is 0 Å². The fourth-order valence-electron chi connectivity index (χ4n) is 1.28. The van der Waals surface area contributed by atoms with Gasteiger partial charge >= 0.3 is 12.0 Å². The molecule has 0 aliphatic heterocycles. The van der Waals surface area contributed by atoms with Crippen LogP contribution < -0.4 is 15.8 Å². The minimum atomic E-state index is -3.54. The highest BCUT2D eigenvalue weighted by Gasteiger charge is 2.07. The summed E-state index contributed by atoms with van der Waals surface area (Å²) in [5.41, 5.74) is 0.158. The van der Waals surface area contributed by atoms with E-state index in [9.17, 15) is 18.0 Å². The molecule has 1 aromatic heterocycles. The van der Waals surface area contributed by atoms with E-state index in [1.807, 2.05) is 0 Å². The number of carbonyl (C=O) groups excluding carboxylic acids is 1. The molecular formula is C10H14N4O5S. The lowest BCUT2D eigenvalue weighted by molar-refractivity contribution is 0.0696. The molecule has 1 rings (SSSR count). The van der Waals surface area contributed by atoms with Gasteiger partial charge in [0, 0.05) is 12.7 Å². The van der Waals surface area contributed by atoms with E-state index in [4.69, 9.17) is 10.2 Å². The van der Waals surface area contributed by atoms with Crippen molar-refractivity contribution in [2.24, 2.45) is 5.14 Å². The zero-order chi connectivity index (χ0) is 15.2. The Morgan fingerprint density at radius 1 is 1.35 bits per heavy atom. The van der Waals surface area contributed by atoms with Crippen molar-refractivity contribution in [3.8, 4) is 0 Å². The highest BCUT2D eigenvalue weighted by atomic mass is 32.2. The van der Waals surface area contributed by atoms with Gasteiger partial charge in [-0.3, -0.25) is 4.98 Å². The van der Waals surface area contributed by atoms with Crippen LogP contribution in [0.25, 0.3) is 0 Å². The Labute approximate surface area is 115 Å². The monoisotopic (exact) mass is 302 g/mol.